The van der Waals surface area contributed by atoms with E-state index in [0.29, 0.717) is 6.04 Å². The SMILES string of the molecule is COc1ccccc1CNC1CC(c2ccc(C)cc2)C1. The summed E-state index contributed by atoms with van der Waals surface area (Å²) in [7, 11) is 1.73. The van der Waals surface area contributed by atoms with E-state index in [9.17, 15) is 0 Å². The lowest BCUT2D eigenvalue weighted by Crippen LogP contribution is -2.39. The quantitative estimate of drug-likeness (QED) is 0.893. The molecule has 1 N–H and O–H groups in total. The van der Waals surface area contributed by atoms with Crippen LogP contribution in [0, 0.1) is 6.92 Å². The van der Waals surface area contributed by atoms with Crippen LogP contribution < -0.4 is 10.1 Å². The third kappa shape index (κ3) is 3.27. The van der Waals surface area contributed by atoms with Crippen molar-refractivity contribution >= 4 is 0 Å². The molecule has 2 heteroatoms. The monoisotopic (exact) mass is 281 g/mol. The maximum atomic E-state index is 5.39. The molecule has 0 bridgehead atoms. The predicted molar refractivity (Wildman–Crippen MR) is 86.8 cm³/mol. The molecule has 0 aromatic heterocycles. The number of hydrogen-bond acceptors (Lipinski definition) is 2. The van der Waals surface area contributed by atoms with Crippen LogP contribution in [0.1, 0.15) is 35.4 Å². The van der Waals surface area contributed by atoms with Gasteiger partial charge >= 0.3 is 0 Å². The van der Waals surface area contributed by atoms with Gasteiger partial charge < -0.3 is 10.1 Å². The highest BCUT2D eigenvalue weighted by atomic mass is 16.5. The van der Waals surface area contributed by atoms with E-state index < -0.39 is 0 Å². The Kier molecular flexibility index (Phi) is 4.26. The number of para-hydroxylation sites is 1. The third-order valence-electron chi connectivity index (χ3n) is 4.46. The fraction of sp³-hybridized carbons (Fsp3) is 0.368. The molecule has 0 amide bonds. The van der Waals surface area contributed by atoms with Crippen LogP contribution in [0.3, 0.4) is 0 Å². The third-order valence-corrected chi connectivity index (χ3v) is 4.46. The molecular formula is C19H23NO. The van der Waals surface area contributed by atoms with E-state index in [1.807, 2.05) is 12.1 Å². The van der Waals surface area contributed by atoms with Gasteiger partial charge in [0.25, 0.3) is 0 Å². The maximum Gasteiger partial charge on any atom is 0.123 e. The lowest BCUT2D eigenvalue weighted by molar-refractivity contribution is 0.288. The Morgan fingerprint density at radius 1 is 1.05 bits per heavy atom. The van der Waals surface area contributed by atoms with E-state index in [4.69, 9.17) is 4.74 Å². The molecule has 0 radical (unpaired) electrons. The Balaban J connectivity index is 1.50. The standard InChI is InChI=1S/C19H23NO/c1-14-7-9-15(10-8-14)17-11-18(12-17)20-13-16-5-3-4-6-19(16)21-2/h3-10,17-18,20H,11-13H2,1-2H3. The van der Waals surface area contributed by atoms with Crippen molar-refractivity contribution < 1.29 is 4.74 Å². The Morgan fingerprint density at radius 2 is 1.76 bits per heavy atom. The van der Waals surface area contributed by atoms with E-state index in [-0.39, 0.29) is 0 Å². The molecule has 1 fully saturated rings. The highest BCUT2D eigenvalue weighted by Gasteiger charge is 2.29. The number of rotatable bonds is 5. The second-order valence-electron chi connectivity index (χ2n) is 5.97. The molecule has 0 heterocycles. The highest BCUT2D eigenvalue weighted by Crippen LogP contribution is 2.37. The second-order valence-corrected chi connectivity index (χ2v) is 5.97. The summed E-state index contributed by atoms with van der Waals surface area (Å²) in [5.41, 5.74) is 4.05. The van der Waals surface area contributed by atoms with Crippen LogP contribution >= 0.6 is 0 Å². The zero-order valence-corrected chi connectivity index (χ0v) is 12.8. The Labute approximate surface area is 127 Å². The maximum absolute atomic E-state index is 5.39. The van der Waals surface area contributed by atoms with Crippen LogP contribution in [0.5, 0.6) is 5.75 Å². The first kappa shape index (κ1) is 14.2. The second kappa shape index (κ2) is 6.31. The fourth-order valence-electron chi connectivity index (χ4n) is 3.00. The molecule has 3 rings (SSSR count). The zero-order chi connectivity index (χ0) is 14.7. The van der Waals surface area contributed by atoms with Crippen molar-refractivity contribution in [3.63, 3.8) is 0 Å². The average Bonchev–Trinajstić information content (AvgIpc) is 2.48. The molecule has 0 saturated heterocycles. The zero-order valence-electron chi connectivity index (χ0n) is 12.8. The van der Waals surface area contributed by atoms with Crippen LogP contribution in [0.4, 0.5) is 0 Å². The Hall–Kier alpha value is -1.80. The molecule has 1 aliphatic carbocycles. The molecule has 110 valence electrons. The first-order chi connectivity index (χ1) is 10.3. The number of benzene rings is 2. The van der Waals surface area contributed by atoms with Gasteiger partial charge in [-0.3, -0.25) is 0 Å². The predicted octanol–water partition coefficient (Wildman–Crippen LogP) is 4.04. The van der Waals surface area contributed by atoms with Gasteiger partial charge in [0.15, 0.2) is 0 Å². The summed E-state index contributed by atoms with van der Waals surface area (Å²) in [6.07, 6.45) is 2.47. The molecule has 0 unspecified atom stereocenters. The van der Waals surface area contributed by atoms with E-state index in [1.165, 1.54) is 29.5 Å². The van der Waals surface area contributed by atoms with Crippen molar-refractivity contribution in [1.29, 1.82) is 0 Å². The molecule has 1 saturated carbocycles. The molecule has 0 spiro atoms. The summed E-state index contributed by atoms with van der Waals surface area (Å²) >= 11 is 0. The Morgan fingerprint density at radius 3 is 2.48 bits per heavy atom. The van der Waals surface area contributed by atoms with Gasteiger partial charge in [-0.25, -0.2) is 0 Å². The van der Waals surface area contributed by atoms with E-state index >= 15 is 0 Å². The van der Waals surface area contributed by atoms with Gasteiger partial charge in [-0.1, -0.05) is 48.0 Å². The van der Waals surface area contributed by atoms with Crippen LogP contribution in [0.15, 0.2) is 48.5 Å². The number of aryl methyl sites for hydroxylation is 1. The molecule has 0 atom stereocenters. The van der Waals surface area contributed by atoms with Crippen molar-refractivity contribution in [2.24, 2.45) is 0 Å². The molecule has 2 nitrogen and oxygen atoms in total. The molecule has 1 aliphatic rings. The van der Waals surface area contributed by atoms with Gasteiger partial charge in [0.1, 0.15) is 5.75 Å². The van der Waals surface area contributed by atoms with E-state index in [0.717, 1.165) is 18.2 Å². The summed E-state index contributed by atoms with van der Waals surface area (Å²) < 4.78 is 5.39. The van der Waals surface area contributed by atoms with Crippen LogP contribution in [-0.2, 0) is 6.54 Å². The minimum Gasteiger partial charge on any atom is -0.496 e. The van der Waals surface area contributed by atoms with Crippen molar-refractivity contribution in [3.8, 4) is 5.75 Å². The summed E-state index contributed by atoms with van der Waals surface area (Å²) in [5.74, 6) is 1.69. The number of methoxy groups -OCH3 is 1. The van der Waals surface area contributed by atoms with E-state index in [2.05, 4.69) is 48.6 Å². The number of hydrogen-bond donors (Lipinski definition) is 1. The van der Waals surface area contributed by atoms with E-state index in [1.54, 1.807) is 7.11 Å². The average molecular weight is 281 g/mol. The number of ether oxygens (including phenoxy) is 1. The van der Waals surface area contributed by atoms with Crippen LogP contribution in [0.25, 0.3) is 0 Å². The largest absolute Gasteiger partial charge is 0.496 e. The normalized spacial score (nSPS) is 20.9. The smallest absolute Gasteiger partial charge is 0.123 e. The minimum absolute atomic E-state index is 0.626. The summed E-state index contributed by atoms with van der Waals surface area (Å²) in [5, 5.41) is 3.64. The van der Waals surface area contributed by atoms with Gasteiger partial charge in [0.2, 0.25) is 0 Å². The van der Waals surface area contributed by atoms with Crippen LogP contribution in [0.2, 0.25) is 0 Å². The van der Waals surface area contributed by atoms with Gasteiger partial charge in [-0.2, -0.15) is 0 Å². The number of nitrogens with one attached hydrogen (secondary N) is 1. The summed E-state index contributed by atoms with van der Waals surface area (Å²) in [4.78, 5) is 0. The van der Waals surface area contributed by atoms with Gasteiger partial charge in [-0.05, 0) is 37.3 Å². The summed E-state index contributed by atoms with van der Waals surface area (Å²) in [6, 6.07) is 17.8. The van der Waals surface area contributed by atoms with Crippen molar-refractivity contribution in [2.75, 3.05) is 7.11 Å². The van der Waals surface area contributed by atoms with Gasteiger partial charge in [0.05, 0.1) is 7.11 Å². The lowest BCUT2D eigenvalue weighted by Gasteiger charge is -2.36. The minimum atomic E-state index is 0.626. The van der Waals surface area contributed by atoms with Crippen LogP contribution in [-0.4, -0.2) is 13.2 Å². The first-order valence-corrected chi connectivity index (χ1v) is 7.68. The van der Waals surface area contributed by atoms with Crippen molar-refractivity contribution in [1.82, 2.24) is 5.32 Å². The molecule has 2 aromatic rings. The lowest BCUT2D eigenvalue weighted by atomic mass is 9.75. The topological polar surface area (TPSA) is 21.3 Å². The van der Waals surface area contributed by atoms with Gasteiger partial charge in [-0.15, -0.1) is 0 Å². The summed E-state index contributed by atoms with van der Waals surface area (Å²) in [6.45, 7) is 3.03. The van der Waals surface area contributed by atoms with Crippen molar-refractivity contribution in [3.05, 3.63) is 65.2 Å². The Bertz CT molecular complexity index is 585. The van der Waals surface area contributed by atoms with Crippen molar-refractivity contribution in [2.45, 2.75) is 38.3 Å². The highest BCUT2D eigenvalue weighted by molar-refractivity contribution is 5.33. The molecular weight excluding hydrogens is 258 g/mol. The van der Waals surface area contributed by atoms with Gasteiger partial charge in [0, 0.05) is 18.2 Å². The molecule has 0 aliphatic heterocycles. The first-order valence-electron chi connectivity index (χ1n) is 7.68. The molecule has 2 aromatic carbocycles. The molecule has 21 heavy (non-hydrogen) atoms. The fourth-order valence-corrected chi connectivity index (χ4v) is 3.00.